The van der Waals surface area contributed by atoms with Crippen molar-refractivity contribution in [2.45, 2.75) is 31.6 Å². The molecule has 0 radical (unpaired) electrons. The molecule has 0 aliphatic carbocycles. The molecule has 0 bridgehead atoms. The molecule has 150 valence electrons. The van der Waals surface area contributed by atoms with Crippen molar-refractivity contribution < 1.29 is 22.7 Å². The zero-order valence-electron chi connectivity index (χ0n) is 15.8. The molecule has 28 heavy (non-hydrogen) atoms. The Morgan fingerprint density at radius 3 is 2.68 bits per heavy atom. The van der Waals surface area contributed by atoms with Crippen LogP contribution in [0.15, 0.2) is 41.3 Å². The number of sulfonamides is 1. The molecule has 6 nitrogen and oxygen atoms in total. The number of carbonyl (C=O) groups is 1. The lowest BCUT2D eigenvalue weighted by Crippen LogP contribution is -2.35. The van der Waals surface area contributed by atoms with Gasteiger partial charge in [-0.15, -0.1) is 0 Å². The lowest BCUT2D eigenvalue weighted by Gasteiger charge is -2.34. The first-order valence-corrected chi connectivity index (χ1v) is 10.6. The van der Waals surface area contributed by atoms with Crippen LogP contribution in [-0.4, -0.2) is 32.6 Å². The normalized spacial score (nSPS) is 17.4. The summed E-state index contributed by atoms with van der Waals surface area (Å²) in [6.45, 7) is 5.21. The maximum Gasteiger partial charge on any atom is 0.335 e. The summed E-state index contributed by atoms with van der Waals surface area (Å²) in [5.74, 6) is -1.36. The number of benzene rings is 2. The van der Waals surface area contributed by atoms with Gasteiger partial charge in [-0.3, -0.25) is 4.72 Å². The minimum absolute atomic E-state index is 0.0255. The van der Waals surface area contributed by atoms with Gasteiger partial charge in [-0.2, -0.15) is 0 Å². The van der Waals surface area contributed by atoms with Crippen molar-refractivity contribution in [1.29, 1.82) is 0 Å². The Kier molecular flexibility index (Phi) is 5.60. The van der Waals surface area contributed by atoms with E-state index < -0.39 is 21.8 Å². The summed E-state index contributed by atoms with van der Waals surface area (Å²) < 4.78 is 41.9. The number of hydrogen-bond acceptors (Lipinski definition) is 4. The molecule has 0 spiro atoms. The molecule has 1 aliphatic heterocycles. The van der Waals surface area contributed by atoms with Crippen molar-refractivity contribution in [1.82, 2.24) is 0 Å². The Bertz CT molecular complexity index is 1010. The van der Waals surface area contributed by atoms with Crippen LogP contribution < -0.4 is 9.62 Å². The standard InChI is InChI=1S/C20H23FN2O4S/c1-13-4-3-9-23(12-13)18-8-6-15(20(24)25)10-17(18)22-28(26,27)19-11-16(21)7-5-14(19)2/h5-8,10-11,13,22H,3-4,9,12H2,1-2H3,(H,24,25). The summed E-state index contributed by atoms with van der Waals surface area (Å²) in [6.07, 6.45) is 2.06. The van der Waals surface area contributed by atoms with E-state index in [1.807, 2.05) is 0 Å². The molecule has 1 unspecified atom stereocenters. The highest BCUT2D eigenvalue weighted by Gasteiger charge is 2.24. The van der Waals surface area contributed by atoms with Crippen LogP contribution in [-0.2, 0) is 10.0 Å². The number of aryl methyl sites for hydroxylation is 1. The molecule has 1 aliphatic rings. The van der Waals surface area contributed by atoms with Gasteiger partial charge in [0.2, 0.25) is 0 Å². The van der Waals surface area contributed by atoms with Gasteiger partial charge >= 0.3 is 5.97 Å². The zero-order chi connectivity index (χ0) is 20.5. The molecule has 1 heterocycles. The van der Waals surface area contributed by atoms with Crippen molar-refractivity contribution in [2.75, 3.05) is 22.7 Å². The van der Waals surface area contributed by atoms with E-state index in [4.69, 9.17) is 0 Å². The summed E-state index contributed by atoms with van der Waals surface area (Å²) >= 11 is 0. The van der Waals surface area contributed by atoms with E-state index >= 15 is 0 Å². The molecule has 3 rings (SSSR count). The summed E-state index contributed by atoms with van der Waals surface area (Å²) in [5, 5.41) is 9.31. The van der Waals surface area contributed by atoms with Gasteiger partial charge in [0.05, 0.1) is 21.8 Å². The first-order chi connectivity index (χ1) is 13.2. The molecule has 1 atom stereocenters. The largest absolute Gasteiger partial charge is 0.478 e. The second-order valence-electron chi connectivity index (χ2n) is 7.25. The van der Waals surface area contributed by atoms with E-state index in [0.29, 0.717) is 17.2 Å². The SMILES string of the molecule is Cc1ccc(F)cc1S(=O)(=O)Nc1cc(C(=O)O)ccc1N1CCCC(C)C1. The summed E-state index contributed by atoms with van der Waals surface area (Å²) in [5.41, 5.74) is 1.17. The molecule has 0 saturated carbocycles. The van der Waals surface area contributed by atoms with E-state index in [1.165, 1.54) is 24.3 Å². The molecule has 2 aromatic rings. The van der Waals surface area contributed by atoms with Gasteiger partial charge in [0, 0.05) is 13.1 Å². The van der Waals surface area contributed by atoms with Crippen LogP contribution in [0.5, 0.6) is 0 Å². The van der Waals surface area contributed by atoms with E-state index in [2.05, 4.69) is 16.5 Å². The number of aromatic carboxylic acids is 1. The number of hydrogen-bond donors (Lipinski definition) is 2. The Labute approximate surface area is 164 Å². The molecule has 2 N–H and O–H groups in total. The average Bonchev–Trinajstić information content (AvgIpc) is 2.63. The number of carboxylic acid groups (broad SMARTS) is 1. The van der Waals surface area contributed by atoms with Crippen molar-refractivity contribution >= 4 is 27.4 Å². The number of halogens is 1. The summed E-state index contributed by atoms with van der Waals surface area (Å²) in [4.78, 5) is 13.3. The fourth-order valence-corrected chi connectivity index (χ4v) is 4.82. The predicted octanol–water partition coefficient (Wildman–Crippen LogP) is 3.87. The molecular weight excluding hydrogens is 383 g/mol. The topological polar surface area (TPSA) is 86.7 Å². The second-order valence-corrected chi connectivity index (χ2v) is 8.90. The Balaban J connectivity index is 2.04. The third kappa shape index (κ3) is 4.27. The molecule has 0 aromatic heterocycles. The van der Waals surface area contributed by atoms with Gasteiger partial charge in [0.15, 0.2) is 0 Å². The van der Waals surface area contributed by atoms with Crippen LogP contribution in [0.3, 0.4) is 0 Å². The van der Waals surface area contributed by atoms with Crippen molar-refractivity contribution in [3.63, 3.8) is 0 Å². The number of nitrogens with zero attached hydrogens (tertiary/aromatic N) is 1. The summed E-state index contributed by atoms with van der Waals surface area (Å²) in [6, 6.07) is 7.94. The minimum atomic E-state index is -4.09. The van der Waals surface area contributed by atoms with Crippen LogP contribution in [0.25, 0.3) is 0 Å². The van der Waals surface area contributed by atoms with Gasteiger partial charge in [0.25, 0.3) is 10.0 Å². The monoisotopic (exact) mass is 406 g/mol. The van der Waals surface area contributed by atoms with Gasteiger partial charge in [-0.05, 0) is 61.6 Å². The highest BCUT2D eigenvalue weighted by Crippen LogP contribution is 2.33. The molecule has 2 aromatic carbocycles. The molecule has 8 heteroatoms. The van der Waals surface area contributed by atoms with Gasteiger partial charge in [0.1, 0.15) is 5.82 Å². The highest BCUT2D eigenvalue weighted by atomic mass is 32.2. The fourth-order valence-electron chi connectivity index (χ4n) is 3.50. The quantitative estimate of drug-likeness (QED) is 0.787. The predicted molar refractivity (Wildman–Crippen MR) is 106 cm³/mol. The molecular formula is C20H23FN2O4S. The third-order valence-corrected chi connectivity index (χ3v) is 6.43. The highest BCUT2D eigenvalue weighted by molar-refractivity contribution is 7.92. The van der Waals surface area contributed by atoms with E-state index in [-0.39, 0.29) is 16.1 Å². The van der Waals surface area contributed by atoms with E-state index in [1.54, 1.807) is 13.0 Å². The minimum Gasteiger partial charge on any atom is -0.478 e. The summed E-state index contributed by atoms with van der Waals surface area (Å²) in [7, 11) is -4.09. The second kappa shape index (κ2) is 7.79. The lowest BCUT2D eigenvalue weighted by atomic mass is 9.99. The van der Waals surface area contributed by atoms with Gasteiger partial charge in [-0.1, -0.05) is 13.0 Å². The van der Waals surface area contributed by atoms with Crippen LogP contribution in [0.4, 0.5) is 15.8 Å². The number of nitrogens with one attached hydrogen (secondary N) is 1. The fraction of sp³-hybridized carbons (Fsp3) is 0.350. The van der Waals surface area contributed by atoms with Crippen LogP contribution in [0, 0.1) is 18.7 Å². The van der Waals surface area contributed by atoms with Crippen molar-refractivity contribution in [2.24, 2.45) is 5.92 Å². The number of piperidine rings is 1. The first-order valence-electron chi connectivity index (χ1n) is 9.08. The maximum atomic E-state index is 13.6. The van der Waals surface area contributed by atoms with Crippen LogP contribution >= 0.6 is 0 Å². The van der Waals surface area contributed by atoms with Crippen LogP contribution in [0.1, 0.15) is 35.7 Å². The van der Waals surface area contributed by atoms with Crippen LogP contribution in [0.2, 0.25) is 0 Å². The van der Waals surface area contributed by atoms with Crippen molar-refractivity contribution in [3.8, 4) is 0 Å². The number of carboxylic acids is 1. The molecule has 0 amide bonds. The Morgan fingerprint density at radius 2 is 2.00 bits per heavy atom. The Morgan fingerprint density at radius 1 is 1.25 bits per heavy atom. The lowest BCUT2D eigenvalue weighted by molar-refractivity contribution is 0.0697. The molecule has 1 saturated heterocycles. The third-order valence-electron chi connectivity index (χ3n) is 4.93. The number of rotatable bonds is 5. The van der Waals surface area contributed by atoms with Gasteiger partial charge < -0.3 is 10.0 Å². The smallest absolute Gasteiger partial charge is 0.335 e. The zero-order valence-corrected chi connectivity index (χ0v) is 16.6. The maximum absolute atomic E-state index is 13.6. The molecule has 1 fully saturated rings. The van der Waals surface area contributed by atoms with E-state index in [0.717, 1.165) is 32.0 Å². The average molecular weight is 406 g/mol. The van der Waals surface area contributed by atoms with Crippen molar-refractivity contribution in [3.05, 3.63) is 53.3 Å². The van der Waals surface area contributed by atoms with Gasteiger partial charge in [-0.25, -0.2) is 17.6 Å². The Hall–Kier alpha value is -2.61. The number of anilines is 2. The van der Waals surface area contributed by atoms with E-state index in [9.17, 15) is 22.7 Å². The first kappa shape index (κ1) is 20.1.